The highest BCUT2D eigenvalue weighted by atomic mass is 32.2. The molecule has 0 spiro atoms. The summed E-state index contributed by atoms with van der Waals surface area (Å²) in [6, 6.07) is 15.6. The second kappa shape index (κ2) is 9.34. The molecule has 2 aromatic carbocycles. The third kappa shape index (κ3) is 5.73. The number of rotatable bonds is 7. The van der Waals surface area contributed by atoms with Crippen molar-refractivity contribution in [2.45, 2.75) is 55.5 Å². The standard InChI is InChI=1S/C27H26F2N4O5S/c1-39(36,37)33-20-6-4-17(5-7-20)18-2-3-19-15-22(38-21(19)14-18)23(34)31-26(10-12-27(28,29)13-11-26)24(35)32-25(16-30)8-9-25/h2-7,14-15,33H,8-13H2,1H3,(H,31,34)(H,32,35). The number of benzene rings is 2. The lowest BCUT2D eigenvalue weighted by molar-refractivity contribution is -0.133. The van der Waals surface area contributed by atoms with Crippen LogP contribution in [0, 0.1) is 11.3 Å². The molecule has 1 heterocycles. The molecule has 1 aromatic heterocycles. The summed E-state index contributed by atoms with van der Waals surface area (Å²) >= 11 is 0. The molecule has 12 heteroatoms. The Morgan fingerprint density at radius 3 is 2.15 bits per heavy atom. The molecule has 204 valence electrons. The van der Waals surface area contributed by atoms with Gasteiger partial charge < -0.3 is 15.1 Å². The highest BCUT2D eigenvalue weighted by Gasteiger charge is 2.53. The minimum atomic E-state index is -3.40. The van der Waals surface area contributed by atoms with Crippen molar-refractivity contribution in [2.75, 3.05) is 11.0 Å². The number of sulfonamides is 1. The average Bonchev–Trinajstić information content (AvgIpc) is 3.51. The van der Waals surface area contributed by atoms with Crippen LogP contribution in [0.1, 0.15) is 49.1 Å². The number of amides is 2. The summed E-state index contributed by atoms with van der Waals surface area (Å²) in [5.74, 6) is -4.37. The van der Waals surface area contributed by atoms with Gasteiger partial charge in [0.2, 0.25) is 21.9 Å². The molecular weight excluding hydrogens is 530 g/mol. The lowest BCUT2D eigenvalue weighted by Gasteiger charge is -2.39. The molecule has 2 saturated carbocycles. The lowest BCUT2D eigenvalue weighted by Crippen LogP contribution is -2.62. The van der Waals surface area contributed by atoms with Crippen LogP contribution in [-0.4, -0.2) is 43.5 Å². The fourth-order valence-electron chi connectivity index (χ4n) is 4.72. The van der Waals surface area contributed by atoms with Crippen molar-refractivity contribution >= 4 is 38.5 Å². The van der Waals surface area contributed by atoms with Crippen LogP contribution in [0.2, 0.25) is 0 Å². The zero-order valence-corrected chi connectivity index (χ0v) is 21.8. The fraction of sp³-hybridized carbons (Fsp3) is 0.370. The molecule has 0 saturated heterocycles. The van der Waals surface area contributed by atoms with Crippen molar-refractivity contribution in [1.29, 1.82) is 5.26 Å². The van der Waals surface area contributed by atoms with E-state index in [1.807, 2.05) is 12.1 Å². The number of anilines is 1. The lowest BCUT2D eigenvalue weighted by atomic mass is 9.78. The minimum absolute atomic E-state index is 0.0826. The van der Waals surface area contributed by atoms with E-state index in [1.54, 1.807) is 36.4 Å². The van der Waals surface area contributed by atoms with Gasteiger partial charge >= 0.3 is 0 Å². The monoisotopic (exact) mass is 556 g/mol. The zero-order valence-electron chi connectivity index (χ0n) is 21.0. The van der Waals surface area contributed by atoms with Crippen LogP contribution in [0.25, 0.3) is 22.1 Å². The maximum atomic E-state index is 14.0. The third-order valence-electron chi connectivity index (χ3n) is 7.20. The number of hydrogen-bond acceptors (Lipinski definition) is 6. The highest BCUT2D eigenvalue weighted by Crippen LogP contribution is 2.41. The zero-order chi connectivity index (χ0) is 28.1. The number of fused-ring (bicyclic) bond motifs is 1. The summed E-state index contributed by atoms with van der Waals surface area (Å²) in [6.45, 7) is 0. The molecule has 9 nitrogen and oxygen atoms in total. The van der Waals surface area contributed by atoms with Gasteiger partial charge in [-0.3, -0.25) is 14.3 Å². The molecule has 0 aliphatic heterocycles. The fourth-order valence-corrected chi connectivity index (χ4v) is 5.29. The van der Waals surface area contributed by atoms with E-state index in [-0.39, 0.29) is 18.6 Å². The van der Waals surface area contributed by atoms with E-state index < -0.39 is 51.7 Å². The van der Waals surface area contributed by atoms with Crippen molar-refractivity contribution < 1.29 is 31.2 Å². The van der Waals surface area contributed by atoms with E-state index in [0.717, 1.165) is 17.4 Å². The van der Waals surface area contributed by atoms with Crippen molar-refractivity contribution in [3.05, 3.63) is 54.3 Å². The van der Waals surface area contributed by atoms with E-state index in [2.05, 4.69) is 15.4 Å². The number of nitriles is 1. The predicted octanol–water partition coefficient (Wildman–Crippen LogP) is 4.32. The summed E-state index contributed by atoms with van der Waals surface area (Å²) in [5.41, 5.74) is -0.248. The summed E-state index contributed by atoms with van der Waals surface area (Å²) in [7, 11) is -3.40. The first-order chi connectivity index (χ1) is 18.3. The quantitative estimate of drug-likeness (QED) is 0.396. The highest BCUT2D eigenvalue weighted by molar-refractivity contribution is 7.92. The molecule has 0 radical (unpaired) electrons. The molecule has 2 fully saturated rings. The molecule has 2 aliphatic rings. The molecule has 0 bridgehead atoms. The molecule has 0 unspecified atom stereocenters. The summed E-state index contributed by atoms with van der Waals surface area (Å²) in [6.07, 6.45) is 0.329. The second-order valence-electron chi connectivity index (χ2n) is 10.4. The van der Waals surface area contributed by atoms with Crippen LogP contribution in [0.4, 0.5) is 14.5 Å². The Bertz CT molecular complexity index is 1600. The van der Waals surface area contributed by atoms with Crippen molar-refractivity contribution in [3.63, 3.8) is 0 Å². The topological polar surface area (TPSA) is 141 Å². The number of nitrogens with zero attached hydrogens (tertiary/aromatic N) is 1. The summed E-state index contributed by atoms with van der Waals surface area (Å²) in [5, 5.41) is 15.3. The Kier molecular flexibility index (Phi) is 6.37. The maximum Gasteiger partial charge on any atom is 0.287 e. The largest absolute Gasteiger partial charge is 0.451 e. The summed E-state index contributed by atoms with van der Waals surface area (Å²) in [4.78, 5) is 26.4. The van der Waals surface area contributed by atoms with Crippen LogP contribution in [0.3, 0.4) is 0 Å². The Balaban J connectivity index is 1.37. The Morgan fingerprint density at radius 1 is 0.923 bits per heavy atom. The molecular formula is C27H26F2N4O5S. The van der Waals surface area contributed by atoms with Crippen molar-refractivity contribution in [3.8, 4) is 17.2 Å². The third-order valence-corrected chi connectivity index (χ3v) is 7.81. The van der Waals surface area contributed by atoms with Gasteiger partial charge in [-0.2, -0.15) is 5.26 Å². The molecule has 0 atom stereocenters. The van der Waals surface area contributed by atoms with Crippen LogP contribution in [0.5, 0.6) is 0 Å². The van der Waals surface area contributed by atoms with Gasteiger partial charge in [0.05, 0.1) is 12.3 Å². The number of carbonyl (C=O) groups excluding carboxylic acids is 2. The maximum absolute atomic E-state index is 14.0. The number of halogens is 2. The molecule has 3 N–H and O–H groups in total. The van der Waals surface area contributed by atoms with E-state index in [0.29, 0.717) is 29.5 Å². The minimum Gasteiger partial charge on any atom is -0.451 e. The van der Waals surface area contributed by atoms with Crippen molar-refractivity contribution in [2.24, 2.45) is 0 Å². The SMILES string of the molecule is CS(=O)(=O)Nc1ccc(-c2ccc3cc(C(=O)NC4(C(=O)NC5(C#N)CC5)CCC(F)(F)CC4)oc3c2)cc1. The number of nitrogens with one attached hydrogen (secondary N) is 3. The van der Waals surface area contributed by atoms with Crippen LogP contribution >= 0.6 is 0 Å². The molecule has 5 rings (SSSR count). The number of carbonyl (C=O) groups is 2. The molecule has 39 heavy (non-hydrogen) atoms. The van der Waals surface area contributed by atoms with Gasteiger partial charge in [-0.15, -0.1) is 0 Å². The normalized spacial score (nSPS) is 19.0. The first-order valence-corrected chi connectivity index (χ1v) is 14.3. The van der Waals surface area contributed by atoms with Gasteiger partial charge in [0.1, 0.15) is 16.7 Å². The molecule has 2 aliphatic carbocycles. The van der Waals surface area contributed by atoms with Crippen LogP contribution in [-0.2, 0) is 14.8 Å². The van der Waals surface area contributed by atoms with E-state index >= 15 is 0 Å². The first-order valence-electron chi connectivity index (χ1n) is 12.4. The average molecular weight is 557 g/mol. The first kappa shape index (κ1) is 26.6. The van der Waals surface area contributed by atoms with Gasteiger partial charge in [-0.1, -0.05) is 24.3 Å². The van der Waals surface area contributed by atoms with Gasteiger partial charge in [-0.05, 0) is 61.1 Å². The van der Waals surface area contributed by atoms with E-state index in [9.17, 15) is 32.0 Å². The number of furan rings is 1. The predicted molar refractivity (Wildman–Crippen MR) is 139 cm³/mol. The van der Waals surface area contributed by atoms with Gasteiger partial charge in [-0.25, -0.2) is 17.2 Å². The van der Waals surface area contributed by atoms with Crippen LogP contribution < -0.4 is 15.4 Å². The van der Waals surface area contributed by atoms with Crippen LogP contribution in [0.15, 0.2) is 52.9 Å². The second-order valence-corrected chi connectivity index (χ2v) is 12.1. The van der Waals surface area contributed by atoms with Gasteiger partial charge in [0.15, 0.2) is 5.76 Å². The number of hydrogen-bond donors (Lipinski definition) is 3. The smallest absolute Gasteiger partial charge is 0.287 e. The molecule has 2 amide bonds. The van der Waals surface area contributed by atoms with Crippen molar-refractivity contribution in [1.82, 2.24) is 10.6 Å². The molecule has 3 aromatic rings. The Morgan fingerprint density at radius 2 is 1.56 bits per heavy atom. The summed E-state index contributed by atoms with van der Waals surface area (Å²) < 4.78 is 58.9. The number of alkyl halides is 2. The Hall–Kier alpha value is -3.98. The van der Waals surface area contributed by atoms with Gasteiger partial charge in [0.25, 0.3) is 5.91 Å². The Labute approximate surface area is 223 Å². The van der Waals surface area contributed by atoms with Gasteiger partial charge in [0, 0.05) is 23.9 Å². The van der Waals surface area contributed by atoms with E-state index in [1.165, 1.54) is 6.07 Å². The van der Waals surface area contributed by atoms with E-state index in [4.69, 9.17) is 4.42 Å².